The highest BCUT2D eigenvalue weighted by atomic mass is 16.4. The van der Waals surface area contributed by atoms with Gasteiger partial charge in [0.1, 0.15) is 11.2 Å². The monoisotopic (exact) mass is 208 g/mol. The number of hydrogen-bond donors (Lipinski definition) is 3. The minimum absolute atomic E-state index is 0.0215. The third kappa shape index (κ3) is 1.37. The molecular weight excluding hydrogens is 196 g/mol. The molecular formula is C11H12O4. The Morgan fingerprint density at radius 1 is 1.33 bits per heavy atom. The summed E-state index contributed by atoms with van der Waals surface area (Å²) in [5.41, 5.74) is -0.715. The van der Waals surface area contributed by atoms with E-state index in [1.807, 2.05) is 0 Å². The SMILES string of the molecule is O=C(O)C1(c2ccccc2O)CC(O)C1. The Balaban J connectivity index is 2.43. The molecule has 0 bridgehead atoms. The van der Waals surface area contributed by atoms with Crippen molar-refractivity contribution in [1.82, 2.24) is 0 Å². The standard InChI is InChI=1S/C11H12O4/c12-7-5-11(6-7,10(14)15)8-3-1-2-4-9(8)13/h1-4,7,12-13H,5-6H2,(H,14,15). The first-order valence-electron chi connectivity index (χ1n) is 4.76. The van der Waals surface area contributed by atoms with Crippen molar-refractivity contribution < 1.29 is 20.1 Å². The fourth-order valence-corrected chi connectivity index (χ4v) is 2.13. The second-order valence-corrected chi connectivity index (χ2v) is 3.97. The van der Waals surface area contributed by atoms with Gasteiger partial charge in [-0.15, -0.1) is 0 Å². The Morgan fingerprint density at radius 2 is 1.93 bits per heavy atom. The second kappa shape index (κ2) is 3.24. The maximum Gasteiger partial charge on any atom is 0.314 e. The summed E-state index contributed by atoms with van der Waals surface area (Å²) < 4.78 is 0. The number of carboxylic acids is 1. The van der Waals surface area contributed by atoms with Gasteiger partial charge < -0.3 is 15.3 Å². The van der Waals surface area contributed by atoms with Gasteiger partial charge in [0, 0.05) is 5.56 Å². The van der Waals surface area contributed by atoms with Gasteiger partial charge in [-0.25, -0.2) is 0 Å². The lowest BCUT2D eigenvalue weighted by atomic mass is 9.62. The predicted octanol–water partition coefficient (Wildman–Crippen LogP) is 0.869. The number of benzene rings is 1. The smallest absolute Gasteiger partial charge is 0.314 e. The van der Waals surface area contributed by atoms with Crippen LogP contribution in [-0.2, 0) is 10.2 Å². The van der Waals surface area contributed by atoms with Crippen LogP contribution in [0.2, 0.25) is 0 Å². The van der Waals surface area contributed by atoms with Gasteiger partial charge in [0.25, 0.3) is 0 Å². The van der Waals surface area contributed by atoms with Crippen LogP contribution in [0.5, 0.6) is 5.75 Å². The summed E-state index contributed by atoms with van der Waals surface area (Å²) in [6, 6.07) is 6.38. The van der Waals surface area contributed by atoms with E-state index in [9.17, 15) is 15.0 Å². The molecule has 0 radical (unpaired) electrons. The third-order valence-corrected chi connectivity index (χ3v) is 3.00. The fourth-order valence-electron chi connectivity index (χ4n) is 2.13. The van der Waals surface area contributed by atoms with Crippen molar-refractivity contribution in [3.63, 3.8) is 0 Å². The number of aliphatic hydroxyl groups excluding tert-OH is 1. The lowest BCUT2D eigenvalue weighted by molar-refractivity contribution is -0.153. The van der Waals surface area contributed by atoms with Crippen LogP contribution in [0, 0.1) is 0 Å². The molecule has 0 spiro atoms. The summed E-state index contributed by atoms with van der Waals surface area (Å²) in [5, 5.41) is 28.0. The Hall–Kier alpha value is -1.55. The average Bonchev–Trinajstić information content (AvgIpc) is 2.13. The lowest BCUT2D eigenvalue weighted by Gasteiger charge is -2.42. The quantitative estimate of drug-likeness (QED) is 0.673. The number of carbonyl (C=O) groups is 1. The highest BCUT2D eigenvalue weighted by Gasteiger charge is 2.52. The van der Waals surface area contributed by atoms with Gasteiger partial charge >= 0.3 is 5.97 Å². The topological polar surface area (TPSA) is 77.8 Å². The van der Waals surface area contributed by atoms with E-state index in [4.69, 9.17) is 5.11 Å². The zero-order valence-electron chi connectivity index (χ0n) is 8.05. The van der Waals surface area contributed by atoms with E-state index in [1.54, 1.807) is 18.2 Å². The molecule has 80 valence electrons. The molecule has 15 heavy (non-hydrogen) atoms. The minimum Gasteiger partial charge on any atom is -0.508 e. The molecule has 0 unspecified atom stereocenters. The first-order valence-corrected chi connectivity index (χ1v) is 4.76. The van der Waals surface area contributed by atoms with Crippen molar-refractivity contribution in [3.8, 4) is 5.75 Å². The molecule has 0 aromatic heterocycles. The number of hydrogen-bond acceptors (Lipinski definition) is 3. The van der Waals surface area contributed by atoms with E-state index in [0.29, 0.717) is 5.56 Å². The number of phenols is 1. The van der Waals surface area contributed by atoms with Crippen molar-refractivity contribution in [2.75, 3.05) is 0 Å². The number of phenolic OH excluding ortho intramolecular Hbond substituents is 1. The van der Waals surface area contributed by atoms with Gasteiger partial charge in [0.2, 0.25) is 0 Å². The fraction of sp³-hybridized carbons (Fsp3) is 0.364. The minimum atomic E-state index is -1.11. The molecule has 4 heteroatoms. The molecule has 4 nitrogen and oxygen atoms in total. The summed E-state index contributed by atoms with van der Waals surface area (Å²) in [4.78, 5) is 11.2. The van der Waals surface area contributed by atoms with Gasteiger partial charge in [0.15, 0.2) is 0 Å². The highest BCUT2D eigenvalue weighted by Crippen LogP contribution is 2.47. The zero-order chi connectivity index (χ0) is 11.1. The molecule has 1 saturated carbocycles. The van der Waals surface area contributed by atoms with Gasteiger partial charge in [-0.05, 0) is 18.9 Å². The van der Waals surface area contributed by atoms with Crippen molar-refractivity contribution in [1.29, 1.82) is 0 Å². The predicted molar refractivity (Wildman–Crippen MR) is 52.7 cm³/mol. The van der Waals surface area contributed by atoms with Crippen LogP contribution in [0.1, 0.15) is 18.4 Å². The van der Waals surface area contributed by atoms with Crippen molar-refractivity contribution in [2.45, 2.75) is 24.4 Å². The summed E-state index contributed by atoms with van der Waals surface area (Å²) >= 11 is 0. The van der Waals surface area contributed by atoms with Crippen molar-refractivity contribution >= 4 is 5.97 Å². The molecule has 1 aliphatic carbocycles. The molecule has 2 rings (SSSR count). The molecule has 0 heterocycles. The third-order valence-electron chi connectivity index (χ3n) is 3.00. The Morgan fingerprint density at radius 3 is 2.40 bits per heavy atom. The van der Waals surface area contributed by atoms with Crippen LogP contribution in [0.4, 0.5) is 0 Å². The average molecular weight is 208 g/mol. The van der Waals surface area contributed by atoms with Crippen LogP contribution in [0.15, 0.2) is 24.3 Å². The van der Waals surface area contributed by atoms with E-state index in [0.717, 1.165) is 0 Å². The molecule has 0 atom stereocenters. The molecule has 0 aliphatic heterocycles. The van der Waals surface area contributed by atoms with Crippen LogP contribution in [-0.4, -0.2) is 27.4 Å². The Kier molecular flexibility index (Phi) is 2.16. The maximum atomic E-state index is 11.2. The van der Waals surface area contributed by atoms with Gasteiger partial charge in [-0.3, -0.25) is 4.79 Å². The van der Waals surface area contributed by atoms with E-state index in [2.05, 4.69) is 0 Å². The number of carboxylic acid groups (broad SMARTS) is 1. The van der Waals surface area contributed by atoms with Gasteiger partial charge in [0.05, 0.1) is 6.10 Å². The van der Waals surface area contributed by atoms with Crippen molar-refractivity contribution in [3.05, 3.63) is 29.8 Å². The number of aromatic hydroxyl groups is 1. The largest absolute Gasteiger partial charge is 0.508 e. The molecule has 1 aliphatic rings. The number of aliphatic carboxylic acids is 1. The maximum absolute atomic E-state index is 11.2. The highest BCUT2D eigenvalue weighted by molar-refractivity contribution is 5.84. The number of rotatable bonds is 2. The summed E-state index contributed by atoms with van der Waals surface area (Å²) in [5.74, 6) is -1.01. The number of para-hydroxylation sites is 1. The van der Waals surface area contributed by atoms with Gasteiger partial charge in [-0.2, -0.15) is 0 Å². The molecule has 3 N–H and O–H groups in total. The first kappa shape index (κ1) is 9.98. The first-order chi connectivity index (χ1) is 7.06. The summed E-state index contributed by atoms with van der Waals surface area (Å²) in [6.45, 7) is 0. The zero-order valence-corrected chi connectivity index (χ0v) is 8.05. The second-order valence-electron chi connectivity index (χ2n) is 3.97. The van der Waals surface area contributed by atoms with Crippen molar-refractivity contribution in [2.24, 2.45) is 0 Å². The Labute approximate surface area is 86.8 Å². The van der Waals surface area contributed by atoms with E-state index in [-0.39, 0.29) is 18.6 Å². The number of aliphatic hydroxyl groups is 1. The molecule has 0 amide bonds. The normalized spacial score (nSPS) is 29.5. The summed E-state index contributed by atoms with van der Waals surface area (Å²) in [7, 11) is 0. The van der Waals surface area contributed by atoms with Crippen LogP contribution >= 0.6 is 0 Å². The van der Waals surface area contributed by atoms with Crippen LogP contribution < -0.4 is 0 Å². The lowest BCUT2D eigenvalue weighted by Crippen LogP contribution is -2.50. The molecule has 1 aromatic rings. The molecule has 0 saturated heterocycles. The van der Waals surface area contributed by atoms with Crippen LogP contribution in [0.25, 0.3) is 0 Å². The summed E-state index contributed by atoms with van der Waals surface area (Å²) in [6.07, 6.45) is -0.250. The van der Waals surface area contributed by atoms with E-state index >= 15 is 0 Å². The molecule has 1 aromatic carbocycles. The van der Waals surface area contributed by atoms with Gasteiger partial charge in [-0.1, -0.05) is 18.2 Å². The van der Waals surface area contributed by atoms with E-state index < -0.39 is 17.5 Å². The van der Waals surface area contributed by atoms with Crippen LogP contribution in [0.3, 0.4) is 0 Å². The van der Waals surface area contributed by atoms with E-state index in [1.165, 1.54) is 6.07 Å². The molecule has 1 fully saturated rings. The Bertz CT molecular complexity index is 393.